The van der Waals surface area contributed by atoms with Crippen molar-refractivity contribution < 1.29 is 13.6 Å². The summed E-state index contributed by atoms with van der Waals surface area (Å²) in [6.07, 6.45) is -2.59. The number of halogens is 3. The fraction of sp³-hybridized carbons (Fsp3) is 0.400. The van der Waals surface area contributed by atoms with Gasteiger partial charge in [0, 0.05) is 14.1 Å². The fourth-order valence-electron chi connectivity index (χ4n) is 1.20. The summed E-state index contributed by atoms with van der Waals surface area (Å²) < 4.78 is 24.3. The predicted octanol–water partition coefficient (Wildman–Crippen LogP) is 2.11. The lowest BCUT2D eigenvalue weighted by Gasteiger charge is -2.16. The Labute approximate surface area is 103 Å². The van der Waals surface area contributed by atoms with Crippen molar-refractivity contribution in [2.45, 2.75) is 6.43 Å². The number of amides is 1. The van der Waals surface area contributed by atoms with Crippen LogP contribution in [0.2, 0.25) is 5.02 Å². The number of aromatic nitrogens is 1. The van der Waals surface area contributed by atoms with Crippen molar-refractivity contribution >= 4 is 23.3 Å². The molecule has 17 heavy (non-hydrogen) atoms. The lowest BCUT2D eigenvalue weighted by Crippen LogP contribution is -2.32. The number of carbonyl (C=O) groups excluding carboxylic acids is 1. The van der Waals surface area contributed by atoms with Crippen molar-refractivity contribution in [3.8, 4) is 0 Å². The predicted molar refractivity (Wildman–Crippen MR) is 61.8 cm³/mol. The normalized spacial score (nSPS) is 10.5. The Bertz CT molecular complexity index is 415. The molecule has 1 aromatic heterocycles. The van der Waals surface area contributed by atoms with Crippen LogP contribution in [0.25, 0.3) is 0 Å². The molecule has 1 rings (SSSR count). The summed E-state index contributed by atoms with van der Waals surface area (Å²) in [4.78, 5) is 16.6. The first-order valence-electron chi connectivity index (χ1n) is 4.83. The van der Waals surface area contributed by atoms with Crippen LogP contribution in [-0.4, -0.2) is 42.9 Å². The molecule has 1 aromatic rings. The second-order valence-corrected chi connectivity index (χ2v) is 3.76. The molecule has 0 aliphatic heterocycles. The minimum Gasteiger partial charge on any atom is -0.373 e. The molecule has 0 fully saturated rings. The molecule has 94 valence electrons. The largest absolute Gasteiger partial charge is 0.373 e. The molecule has 0 aliphatic rings. The first-order valence-corrected chi connectivity index (χ1v) is 5.21. The van der Waals surface area contributed by atoms with Gasteiger partial charge in [-0.2, -0.15) is 0 Å². The third kappa shape index (κ3) is 3.52. The van der Waals surface area contributed by atoms with Crippen molar-refractivity contribution in [2.24, 2.45) is 0 Å². The standard InChI is InChI=1S/C10H12ClF2N3O/c1-14-8-4-3-6(11)9(15-8)10(17)16(2)5-7(12)13/h3-4,7H,5H2,1-2H3,(H,14,15). The second-order valence-electron chi connectivity index (χ2n) is 3.35. The number of hydrogen-bond donors (Lipinski definition) is 1. The van der Waals surface area contributed by atoms with E-state index in [1.54, 1.807) is 13.1 Å². The zero-order valence-corrected chi connectivity index (χ0v) is 10.1. The van der Waals surface area contributed by atoms with Gasteiger partial charge in [-0.15, -0.1) is 0 Å². The van der Waals surface area contributed by atoms with Crippen LogP contribution in [0.5, 0.6) is 0 Å². The fourth-order valence-corrected chi connectivity index (χ4v) is 1.39. The van der Waals surface area contributed by atoms with E-state index < -0.39 is 18.9 Å². The van der Waals surface area contributed by atoms with E-state index in [0.29, 0.717) is 5.82 Å². The van der Waals surface area contributed by atoms with Gasteiger partial charge in [0.1, 0.15) is 11.5 Å². The van der Waals surface area contributed by atoms with E-state index in [0.717, 1.165) is 4.90 Å². The SMILES string of the molecule is CNc1ccc(Cl)c(C(=O)N(C)CC(F)F)n1. The maximum atomic E-state index is 12.1. The zero-order chi connectivity index (χ0) is 13.0. The Morgan fingerprint density at radius 3 is 2.76 bits per heavy atom. The summed E-state index contributed by atoms with van der Waals surface area (Å²) in [5.41, 5.74) is -0.0401. The van der Waals surface area contributed by atoms with Gasteiger partial charge in [0.05, 0.1) is 11.6 Å². The Morgan fingerprint density at radius 2 is 2.24 bits per heavy atom. The highest BCUT2D eigenvalue weighted by atomic mass is 35.5. The van der Waals surface area contributed by atoms with Crippen LogP contribution in [-0.2, 0) is 0 Å². The molecule has 0 spiro atoms. The third-order valence-electron chi connectivity index (χ3n) is 2.06. The first-order chi connectivity index (χ1) is 7.95. The molecule has 4 nitrogen and oxygen atoms in total. The smallest absolute Gasteiger partial charge is 0.274 e. The molecule has 0 bridgehead atoms. The highest BCUT2D eigenvalue weighted by Gasteiger charge is 2.20. The lowest BCUT2D eigenvalue weighted by atomic mass is 10.3. The van der Waals surface area contributed by atoms with Gasteiger partial charge >= 0.3 is 0 Å². The molecule has 0 radical (unpaired) electrons. The van der Waals surface area contributed by atoms with Crippen molar-refractivity contribution in [2.75, 3.05) is 26.0 Å². The molecule has 0 saturated heterocycles. The molecule has 0 aromatic carbocycles. The number of rotatable bonds is 4. The number of alkyl halides is 2. The van der Waals surface area contributed by atoms with Crippen LogP contribution in [0.3, 0.4) is 0 Å². The maximum absolute atomic E-state index is 12.1. The third-order valence-corrected chi connectivity index (χ3v) is 2.37. The molecule has 1 N–H and O–H groups in total. The van der Waals surface area contributed by atoms with Crippen LogP contribution in [0.1, 0.15) is 10.5 Å². The van der Waals surface area contributed by atoms with Gasteiger partial charge in [0.15, 0.2) is 0 Å². The number of nitrogens with one attached hydrogen (secondary N) is 1. The van der Waals surface area contributed by atoms with E-state index in [-0.39, 0.29) is 10.7 Å². The van der Waals surface area contributed by atoms with E-state index in [1.165, 1.54) is 13.1 Å². The molecule has 1 heterocycles. The minimum absolute atomic E-state index is 0.0401. The second kappa shape index (κ2) is 5.77. The average molecular weight is 264 g/mol. The van der Waals surface area contributed by atoms with Gasteiger partial charge < -0.3 is 10.2 Å². The number of anilines is 1. The summed E-state index contributed by atoms with van der Waals surface area (Å²) in [6, 6.07) is 3.08. The molecule has 0 atom stereocenters. The van der Waals surface area contributed by atoms with E-state index in [1.807, 2.05) is 0 Å². The molecule has 0 unspecified atom stereocenters. The first kappa shape index (κ1) is 13.6. The highest BCUT2D eigenvalue weighted by molar-refractivity contribution is 6.33. The average Bonchev–Trinajstić information content (AvgIpc) is 2.28. The monoisotopic (exact) mass is 263 g/mol. The van der Waals surface area contributed by atoms with Gasteiger partial charge in [-0.05, 0) is 12.1 Å². The number of pyridine rings is 1. The van der Waals surface area contributed by atoms with E-state index >= 15 is 0 Å². The van der Waals surface area contributed by atoms with E-state index in [9.17, 15) is 13.6 Å². The summed E-state index contributed by atoms with van der Waals surface area (Å²) in [5, 5.41) is 2.87. The van der Waals surface area contributed by atoms with Crippen LogP contribution < -0.4 is 5.32 Å². The Morgan fingerprint density at radius 1 is 1.59 bits per heavy atom. The van der Waals surface area contributed by atoms with Gasteiger partial charge in [0.25, 0.3) is 12.3 Å². The Hall–Kier alpha value is -1.43. The minimum atomic E-state index is -2.59. The molecule has 7 heteroatoms. The van der Waals surface area contributed by atoms with E-state index in [4.69, 9.17) is 11.6 Å². The molecule has 0 saturated carbocycles. The van der Waals surface area contributed by atoms with Gasteiger partial charge in [0.2, 0.25) is 0 Å². The maximum Gasteiger partial charge on any atom is 0.274 e. The summed E-state index contributed by atoms with van der Waals surface area (Å²) in [5.74, 6) is -0.185. The Kier molecular flexibility index (Phi) is 4.62. The Balaban J connectivity index is 2.94. The highest BCUT2D eigenvalue weighted by Crippen LogP contribution is 2.18. The summed E-state index contributed by atoms with van der Waals surface area (Å²) >= 11 is 5.80. The lowest BCUT2D eigenvalue weighted by molar-refractivity contribution is 0.0615. The molecular formula is C10H12ClF2N3O. The van der Waals surface area contributed by atoms with E-state index in [2.05, 4.69) is 10.3 Å². The summed E-state index contributed by atoms with van der Waals surface area (Å²) in [7, 11) is 2.91. The van der Waals surface area contributed by atoms with Crippen molar-refractivity contribution in [3.05, 3.63) is 22.8 Å². The van der Waals surface area contributed by atoms with Gasteiger partial charge in [-0.3, -0.25) is 4.79 Å². The van der Waals surface area contributed by atoms with Crippen LogP contribution >= 0.6 is 11.6 Å². The van der Waals surface area contributed by atoms with Crippen molar-refractivity contribution in [1.82, 2.24) is 9.88 Å². The summed E-state index contributed by atoms with van der Waals surface area (Å²) in [6.45, 7) is -0.652. The molecule has 1 amide bonds. The number of hydrogen-bond acceptors (Lipinski definition) is 3. The molecule has 0 aliphatic carbocycles. The van der Waals surface area contributed by atoms with Gasteiger partial charge in [-0.1, -0.05) is 11.6 Å². The van der Waals surface area contributed by atoms with Crippen molar-refractivity contribution in [3.63, 3.8) is 0 Å². The molecular weight excluding hydrogens is 252 g/mol. The number of carbonyl (C=O) groups is 1. The van der Waals surface area contributed by atoms with Gasteiger partial charge in [-0.25, -0.2) is 13.8 Å². The number of nitrogens with zero attached hydrogens (tertiary/aromatic N) is 2. The zero-order valence-electron chi connectivity index (χ0n) is 9.38. The quantitative estimate of drug-likeness (QED) is 0.905. The van der Waals surface area contributed by atoms with Crippen molar-refractivity contribution in [1.29, 1.82) is 0 Å². The van der Waals surface area contributed by atoms with Crippen LogP contribution in [0, 0.1) is 0 Å². The van der Waals surface area contributed by atoms with Crippen LogP contribution in [0.4, 0.5) is 14.6 Å². The topological polar surface area (TPSA) is 45.2 Å². The van der Waals surface area contributed by atoms with Crippen LogP contribution in [0.15, 0.2) is 12.1 Å².